The van der Waals surface area contributed by atoms with E-state index in [1.165, 1.54) is 0 Å². The fraction of sp³-hybridized carbons (Fsp3) is 0.154. The van der Waals surface area contributed by atoms with Crippen molar-refractivity contribution in [3.63, 3.8) is 0 Å². The number of non-ortho nitro benzene ring substituents is 1. The molecule has 3 amide bonds. The number of nitrogens with zero attached hydrogens (tertiary/aromatic N) is 2. The molecule has 0 bridgehead atoms. The molecule has 0 radical (unpaired) electrons. The molecule has 0 spiro atoms. The molecule has 10 heteroatoms. The van der Waals surface area contributed by atoms with Crippen LogP contribution < -0.4 is 5.32 Å². The third-order valence-electron chi connectivity index (χ3n) is 3.00. The highest BCUT2D eigenvalue weighted by molar-refractivity contribution is 6.15. The average Bonchev–Trinajstić information content (AvgIpc) is 2.76. The van der Waals surface area contributed by atoms with E-state index in [0.717, 1.165) is 31.4 Å². The van der Waals surface area contributed by atoms with Gasteiger partial charge in [-0.1, -0.05) is 0 Å². The lowest BCUT2D eigenvalue weighted by Crippen LogP contribution is -2.36. The Hall–Kier alpha value is -3.43. The highest BCUT2D eigenvalue weighted by Crippen LogP contribution is 2.26. The molecule has 1 heterocycles. The van der Waals surface area contributed by atoms with Gasteiger partial charge in [0.2, 0.25) is 0 Å². The summed E-state index contributed by atoms with van der Waals surface area (Å²) in [5.41, 5.74) is -0.546. The molecule has 0 atom stereocenters. The van der Waals surface area contributed by atoms with Crippen molar-refractivity contribution in [3.8, 4) is 5.75 Å². The summed E-state index contributed by atoms with van der Waals surface area (Å²) in [7, 11) is 1.11. The lowest BCUT2D eigenvalue weighted by molar-refractivity contribution is -0.384. The number of rotatable bonds is 4. The molecule has 23 heavy (non-hydrogen) atoms. The number of phenols is 1. The molecular weight excluding hydrogens is 310 g/mol. The minimum absolute atomic E-state index is 0.0252. The SMILES string of the molecule is COC(=O)CN1C(=O)NC(=Cc2cc([N+](=O)[O-])ccc2O)C1=O. The average molecular weight is 321 g/mol. The van der Waals surface area contributed by atoms with Crippen LogP contribution in [0.25, 0.3) is 6.08 Å². The number of nitro groups is 1. The van der Waals surface area contributed by atoms with Gasteiger partial charge in [0.25, 0.3) is 11.6 Å². The van der Waals surface area contributed by atoms with E-state index in [4.69, 9.17) is 0 Å². The summed E-state index contributed by atoms with van der Waals surface area (Å²) < 4.78 is 4.38. The zero-order valence-corrected chi connectivity index (χ0v) is 11.8. The third kappa shape index (κ3) is 3.26. The van der Waals surface area contributed by atoms with Crippen molar-refractivity contribution in [1.29, 1.82) is 0 Å². The van der Waals surface area contributed by atoms with Gasteiger partial charge in [0.15, 0.2) is 0 Å². The van der Waals surface area contributed by atoms with Gasteiger partial charge < -0.3 is 15.2 Å². The maximum atomic E-state index is 12.1. The number of nitro benzene ring substituents is 1. The van der Waals surface area contributed by atoms with Crippen LogP contribution in [0.5, 0.6) is 5.75 Å². The second-order valence-electron chi connectivity index (χ2n) is 4.46. The number of amides is 3. The van der Waals surface area contributed by atoms with Crippen LogP contribution in [0.15, 0.2) is 23.9 Å². The van der Waals surface area contributed by atoms with Gasteiger partial charge in [-0.15, -0.1) is 0 Å². The summed E-state index contributed by atoms with van der Waals surface area (Å²) in [4.78, 5) is 45.6. The molecule has 0 saturated carbocycles. The van der Waals surface area contributed by atoms with Crippen molar-refractivity contribution in [1.82, 2.24) is 10.2 Å². The van der Waals surface area contributed by atoms with Crippen molar-refractivity contribution in [2.45, 2.75) is 0 Å². The topological polar surface area (TPSA) is 139 Å². The van der Waals surface area contributed by atoms with Crippen molar-refractivity contribution in [2.24, 2.45) is 0 Å². The first-order chi connectivity index (χ1) is 10.8. The van der Waals surface area contributed by atoms with Crippen LogP contribution in [-0.4, -0.2) is 46.5 Å². The monoisotopic (exact) mass is 321 g/mol. The van der Waals surface area contributed by atoms with E-state index in [-0.39, 0.29) is 22.7 Å². The summed E-state index contributed by atoms with van der Waals surface area (Å²) in [6.45, 7) is -0.570. The third-order valence-corrected chi connectivity index (χ3v) is 3.00. The Kier molecular flexibility index (Phi) is 4.25. The number of urea groups is 1. The maximum absolute atomic E-state index is 12.1. The number of ether oxygens (including phenoxy) is 1. The van der Waals surface area contributed by atoms with Gasteiger partial charge in [-0.3, -0.25) is 19.7 Å². The Morgan fingerprint density at radius 1 is 1.48 bits per heavy atom. The van der Waals surface area contributed by atoms with Crippen LogP contribution in [0, 0.1) is 10.1 Å². The number of aromatic hydroxyl groups is 1. The standard InChI is InChI=1S/C13H11N3O7/c1-23-11(18)6-15-12(19)9(14-13(15)20)5-7-4-8(16(21)22)2-3-10(7)17/h2-5,17H,6H2,1H3,(H,14,20). The number of nitrogens with one attached hydrogen (secondary N) is 1. The molecule has 0 aliphatic carbocycles. The quantitative estimate of drug-likeness (QED) is 0.268. The van der Waals surface area contributed by atoms with Crippen molar-refractivity contribution in [3.05, 3.63) is 39.6 Å². The molecule has 1 fully saturated rings. The zero-order valence-electron chi connectivity index (χ0n) is 11.8. The second kappa shape index (κ2) is 6.13. The summed E-state index contributed by atoms with van der Waals surface area (Å²) in [5, 5.41) is 22.6. The van der Waals surface area contributed by atoms with Gasteiger partial charge in [-0.25, -0.2) is 9.69 Å². The fourth-order valence-corrected chi connectivity index (χ4v) is 1.84. The molecule has 0 unspecified atom stereocenters. The molecule has 1 aliphatic heterocycles. The minimum Gasteiger partial charge on any atom is -0.507 e. The van der Waals surface area contributed by atoms with Crippen LogP contribution in [0.3, 0.4) is 0 Å². The van der Waals surface area contributed by atoms with E-state index in [1.807, 2.05) is 0 Å². The summed E-state index contributed by atoms with van der Waals surface area (Å²) in [5.74, 6) is -1.91. The number of carbonyl (C=O) groups excluding carboxylic acids is 3. The molecule has 1 aliphatic rings. The normalized spacial score (nSPS) is 15.7. The fourth-order valence-electron chi connectivity index (χ4n) is 1.84. The Bertz CT molecular complexity index is 741. The lowest BCUT2D eigenvalue weighted by atomic mass is 10.1. The van der Waals surface area contributed by atoms with Gasteiger partial charge in [0.05, 0.1) is 12.0 Å². The first kappa shape index (κ1) is 15.9. The molecule has 1 saturated heterocycles. The van der Waals surface area contributed by atoms with Gasteiger partial charge in [0, 0.05) is 17.7 Å². The number of imide groups is 1. The van der Waals surface area contributed by atoms with E-state index in [0.29, 0.717) is 4.90 Å². The molecule has 120 valence electrons. The number of hydrogen-bond acceptors (Lipinski definition) is 7. The number of hydrogen-bond donors (Lipinski definition) is 2. The van der Waals surface area contributed by atoms with Gasteiger partial charge in [-0.05, 0) is 12.1 Å². The van der Waals surface area contributed by atoms with Crippen LogP contribution >= 0.6 is 0 Å². The number of methoxy groups -OCH3 is 1. The van der Waals surface area contributed by atoms with Crippen LogP contribution in [-0.2, 0) is 14.3 Å². The molecule has 0 aromatic heterocycles. The van der Waals surface area contributed by atoms with E-state index in [9.17, 15) is 29.6 Å². The zero-order chi connectivity index (χ0) is 17.1. The molecule has 2 rings (SSSR count). The van der Waals surface area contributed by atoms with E-state index >= 15 is 0 Å². The number of phenolic OH excluding ortho intramolecular Hbond substituents is 1. The number of esters is 1. The Balaban J connectivity index is 2.32. The molecule has 10 nitrogen and oxygen atoms in total. The first-order valence-electron chi connectivity index (χ1n) is 6.22. The van der Waals surface area contributed by atoms with Crippen molar-refractivity contribution < 1.29 is 29.2 Å². The Labute approximate surface area is 129 Å². The predicted octanol–water partition coefficient (Wildman–Crippen LogP) is 0.366. The number of carbonyl (C=O) groups is 3. The van der Waals surface area contributed by atoms with Gasteiger partial charge in [0.1, 0.15) is 18.0 Å². The maximum Gasteiger partial charge on any atom is 0.329 e. The highest BCUT2D eigenvalue weighted by Gasteiger charge is 2.35. The minimum atomic E-state index is -0.837. The Morgan fingerprint density at radius 3 is 2.78 bits per heavy atom. The summed E-state index contributed by atoms with van der Waals surface area (Å²) in [6.07, 6.45) is 1.08. The molecule has 1 aromatic carbocycles. The first-order valence-corrected chi connectivity index (χ1v) is 6.22. The van der Waals surface area contributed by atoms with Crippen LogP contribution in [0.2, 0.25) is 0 Å². The Morgan fingerprint density at radius 2 is 2.17 bits per heavy atom. The largest absolute Gasteiger partial charge is 0.507 e. The summed E-state index contributed by atoms with van der Waals surface area (Å²) in [6, 6.07) is 2.40. The van der Waals surface area contributed by atoms with Crippen LogP contribution in [0.1, 0.15) is 5.56 Å². The van der Waals surface area contributed by atoms with Crippen molar-refractivity contribution in [2.75, 3.05) is 13.7 Å². The number of benzene rings is 1. The summed E-state index contributed by atoms with van der Waals surface area (Å²) >= 11 is 0. The molecule has 1 aromatic rings. The van der Waals surface area contributed by atoms with E-state index < -0.39 is 29.4 Å². The molecular formula is C13H11N3O7. The van der Waals surface area contributed by atoms with E-state index in [1.54, 1.807) is 0 Å². The highest BCUT2D eigenvalue weighted by atomic mass is 16.6. The smallest absolute Gasteiger partial charge is 0.329 e. The van der Waals surface area contributed by atoms with Crippen LogP contribution in [0.4, 0.5) is 10.5 Å². The lowest BCUT2D eigenvalue weighted by Gasteiger charge is -2.09. The predicted molar refractivity (Wildman–Crippen MR) is 75.0 cm³/mol. The van der Waals surface area contributed by atoms with Gasteiger partial charge in [-0.2, -0.15) is 0 Å². The molecule has 2 N–H and O–H groups in total. The van der Waals surface area contributed by atoms with Gasteiger partial charge >= 0.3 is 12.0 Å². The van der Waals surface area contributed by atoms with E-state index in [2.05, 4.69) is 10.1 Å². The van der Waals surface area contributed by atoms with Crippen molar-refractivity contribution >= 4 is 29.7 Å². The second-order valence-corrected chi connectivity index (χ2v) is 4.46.